The SMILES string of the molecule is CC1=CC(C)(C)Nc2ccc3c(c21)C(c1cc(F)cc(F)c1)Oc1ccccc1-3. The number of allylic oxidation sites excluding steroid dienone is 1. The van der Waals surface area contributed by atoms with Crippen molar-refractivity contribution in [1.29, 1.82) is 0 Å². The maximum atomic E-state index is 14.1. The molecule has 0 amide bonds. The van der Waals surface area contributed by atoms with Crippen LogP contribution in [0.2, 0.25) is 0 Å². The van der Waals surface area contributed by atoms with Gasteiger partial charge in [-0.1, -0.05) is 30.3 Å². The van der Waals surface area contributed by atoms with Crippen molar-refractivity contribution >= 4 is 11.3 Å². The standard InChI is InChI=1S/C25H21F2NO/c1-14-13-25(2,3)28-20-9-8-19-18-6-4-5-7-21(18)29-24(23(19)22(14)20)15-10-16(26)12-17(27)11-15/h4-13,24,28H,1-3H3. The summed E-state index contributed by atoms with van der Waals surface area (Å²) < 4.78 is 34.4. The molecule has 3 aromatic rings. The molecule has 1 atom stereocenters. The van der Waals surface area contributed by atoms with Crippen LogP contribution in [0.3, 0.4) is 0 Å². The van der Waals surface area contributed by atoms with Crippen LogP contribution >= 0.6 is 0 Å². The lowest BCUT2D eigenvalue weighted by atomic mass is 9.80. The number of para-hydroxylation sites is 1. The van der Waals surface area contributed by atoms with Gasteiger partial charge < -0.3 is 10.1 Å². The number of ether oxygens (including phenoxy) is 1. The molecule has 0 spiro atoms. The molecular weight excluding hydrogens is 368 g/mol. The van der Waals surface area contributed by atoms with E-state index in [4.69, 9.17) is 4.74 Å². The molecular formula is C25H21F2NO. The van der Waals surface area contributed by atoms with E-state index in [-0.39, 0.29) is 5.54 Å². The highest BCUT2D eigenvalue weighted by Crippen LogP contribution is 2.50. The molecule has 0 aliphatic carbocycles. The molecule has 0 aromatic heterocycles. The van der Waals surface area contributed by atoms with Gasteiger partial charge in [0.2, 0.25) is 0 Å². The van der Waals surface area contributed by atoms with E-state index < -0.39 is 17.7 Å². The smallest absolute Gasteiger partial charge is 0.150 e. The minimum Gasteiger partial charge on any atom is -0.480 e. The fourth-order valence-corrected chi connectivity index (χ4v) is 4.59. The zero-order valence-corrected chi connectivity index (χ0v) is 16.5. The lowest BCUT2D eigenvalue weighted by Gasteiger charge is -2.37. The number of benzene rings is 3. The Hall–Kier alpha value is -3.14. The Morgan fingerprint density at radius 2 is 1.66 bits per heavy atom. The third-order valence-electron chi connectivity index (χ3n) is 5.55. The highest BCUT2D eigenvalue weighted by Gasteiger charge is 2.34. The zero-order chi connectivity index (χ0) is 20.3. The van der Waals surface area contributed by atoms with Gasteiger partial charge in [-0.3, -0.25) is 0 Å². The molecule has 0 saturated carbocycles. The first-order chi connectivity index (χ1) is 13.8. The van der Waals surface area contributed by atoms with Gasteiger partial charge in [0.25, 0.3) is 0 Å². The van der Waals surface area contributed by atoms with Crippen molar-refractivity contribution in [3.05, 3.63) is 89.0 Å². The number of hydrogen-bond acceptors (Lipinski definition) is 2. The first kappa shape index (κ1) is 17.9. The lowest BCUT2D eigenvalue weighted by Crippen LogP contribution is -2.32. The minimum absolute atomic E-state index is 0.181. The van der Waals surface area contributed by atoms with Gasteiger partial charge >= 0.3 is 0 Å². The number of rotatable bonds is 1. The Morgan fingerprint density at radius 3 is 2.41 bits per heavy atom. The van der Waals surface area contributed by atoms with Crippen LogP contribution in [0.4, 0.5) is 14.5 Å². The third-order valence-corrected chi connectivity index (χ3v) is 5.55. The summed E-state index contributed by atoms with van der Waals surface area (Å²) in [6, 6.07) is 15.5. The quantitative estimate of drug-likeness (QED) is 0.499. The molecule has 146 valence electrons. The summed E-state index contributed by atoms with van der Waals surface area (Å²) in [5, 5.41) is 3.56. The predicted molar refractivity (Wildman–Crippen MR) is 112 cm³/mol. The van der Waals surface area contributed by atoms with Gasteiger partial charge in [0.1, 0.15) is 17.4 Å². The highest BCUT2D eigenvalue weighted by molar-refractivity contribution is 5.90. The Bertz CT molecular complexity index is 1160. The maximum absolute atomic E-state index is 14.1. The van der Waals surface area contributed by atoms with Gasteiger partial charge in [-0.25, -0.2) is 8.78 Å². The van der Waals surface area contributed by atoms with Crippen LogP contribution in [0, 0.1) is 11.6 Å². The molecule has 5 rings (SSSR count). The van der Waals surface area contributed by atoms with E-state index >= 15 is 0 Å². The molecule has 0 fully saturated rings. The number of anilines is 1. The van der Waals surface area contributed by atoms with E-state index in [1.165, 1.54) is 12.1 Å². The van der Waals surface area contributed by atoms with Crippen LogP contribution in [0.5, 0.6) is 5.75 Å². The van der Waals surface area contributed by atoms with Crippen molar-refractivity contribution < 1.29 is 13.5 Å². The largest absolute Gasteiger partial charge is 0.480 e. The number of fused-ring (bicyclic) bond motifs is 5. The van der Waals surface area contributed by atoms with E-state index in [0.29, 0.717) is 11.3 Å². The molecule has 2 aliphatic rings. The minimum atomic E-state index is -0.611. The van der Waals surface area contributed by atoms with E-state index in [9.17, 15) is 8.78 Å². The molecule has 0 radical (unpaired) electrons. The molecule has 29 heavy (non-hydrogen) atoms. The average molecular weight is 389 g/mol. The molecule has 2 nitrogen and oxygen atoms in total. The summed E-state index contributed by atoms with van der Waals surface area (Å²) in [6.07, 6.45) is 1.57. The van der Waals surface area contributed by atoms with Gasteiger partial charge in [-0.15, -0.1) is 0 Å². The molecule has 3 aromatic carbocycles. The lowest BCUT2D eigenvalue weighted by molar-refractivity contribution is 0.242. The first-order valence-corrected chi connectivity index (χ1v) is 9.69. The van der Waals surface area contributed by atoms with Crippen molar-refractivity contribution in [3.8, 4) is 16.9 Å². The van der Waals surface area contributed by atoms with Crippen LogP contribution in [0.25, 0.3) is 16.7 Å². The Balaban J connectivity index is 1.82. The molecule has 1 N–H and O–H groups in total. The van der Waals surface area contributed by atoms with Crippen LogP contribution in [-0.4, -0.2) is 5.54 Å². The van der Waals surface area contributed by atoms with E-state index in [0.717, 1.165) is 39.6 Å². The Kier molecular flexibility index (Phi) is 3.82. The van der Waals surface area contributed by atoms with Crippen molar-refractivity contribution in [1.82, 2.24) is 0 Å². The number of nitrogens with one attached hydrogen (secondary N) is 1. The molecule has 2 heterocycles. The van der Waals surface area contributed by atoms with E-state index in [1.807, 2.05) is 24.3 Å². The van der Waals surface area contributed by atoms with Crippen LogP contribution in [0.15, 0.2) is 60.7 Å². The van der Waals surface area contributed by atoms with Gasteiger partial charge in [0.05, 0.1) is 5.54 Å². The fraction of sp³-hybridized carbons (Fsp3) is 0.200. The van der Waals surface area contributed by atoms with Crippen molar-refractivity contribution in [2.75, 3.05) is 5.32 Å². The molecule has 1 unspecified atom stereocenters. The van der Waals surface area contributed by atoms with Crippen molar-refractivity contribution in [2.24, 2.45) is 0 Å². The average Bonchev–Trinajstić information content (AvgIpc) is 2.65. The summed E-state index contributed by atoms with van der Waals surface area (Å²) in [5.41, 5.74) is 6.37. The predicted octanol–water partition coefficient (Wildman–Crippen LogP) is 6.72. The Labute approximate surface area is 168 Å². The molecule has 0 bridgehead atoms. The summed E-state index contributed by atoms with van der Waals surface area (Å²) in [6.45, 7) is 6.31. The number of hydrogen-bond donors (Lipinski definition) is 1. The summed E-state index contributed by atoms with van der Waals surface area (Å²) >= 11 is 0. The van der Waals surface area contributed by atoms with Crippen molar-refractivity contribution in [3.63, 3.8) is 0 Å². The monoisotopic (exact) mass is 389 g/mol. The van der Waals surface area contributed by atoms with Gasteiger partial charge in [0, 0.05) is 34.0 Å². The van der Waals surface area contributed by atoms with Gasteiger partial charge in [-0.05, 0) is 56.2 Å². The van der Waals surface area contributed by atoms with Gasteiger partial charge in [0.15, 0.2) is 6.10 Å². The van der Waals surface area contributed by atoms with Crippen LogP contribution in [0.1, 0.15) is 43.6 Å². The third kappa shape index (κ3) is 2.91. The molecule has 4 heteroatoms. The molecule has 2 aliphatic heterocycles. The summed E-state index contributed by atoms with van der Waals surface area (Å²) in [5.74, 6) is -0.513. The second kappa shape index (κ2) is 6.18. The second-order valence-electron chi connectivity index (χ2n) is 8.32. The normalized spacial score (nSPS) is 18.5. The Morgan fingerprint density at radius 1 is 0.931 bits per heavy atom. The number of halogens is 2. The summed E-state index contributed by atoms with van der Waals surface area (Å²) in [4.78, 5) is 0. The van der Waals surface area contributed by atoms with E-state index in [1.54, 1.807) is 0 Å². The topological polar surface area (TPSA) is 21.3 Å². The fourth-order valence-electron chi connectivity index (χ4n) is 4.59. The first-order valence-electron chi connectivity index (χ1n) is 9.69. The highest BCUT2D eigenvalue weighted by atomic mass is 19.1. The van der Waals surface area contributed by atoms with Crippen LogP contribution in [-0.2, 0) is 0 Å². The van der Waals surface area contributed by atoms with Crippen LogP contribution < -0.4 is 10.1 Å². The summed E-state index contributed by atoms with van der Waals surface area (Å²) in [7, 11) is 0. The van der Waals surface area contributed by atoms with Gasteiger partial charge in [-0.2, -0.15) is 0 Å². The van der Waals surface area contributed by atoms with E-state index in [2.05, 4.69) is 44.3 Å². The zero-order valence-electron chi connectivity index (χ0n) is 16.5. The maximum Gasteiger partial charge on any atom is 0.150 e. The second-order valence-corrected chi connectivity index (χ2v) is 8.32. The van der Waals surface area contributed by atoms with Crippen molar-refractivity contribution in [2.45, 2.75) is 32.4 Å². The molecule has 0 saturated heterocycles.